The van der Waals surface area contributed by atoms with E-state index in [2.05, 4.69) is 27.9 Å². The van der Waals surface area contributed by atoms with Crippen molar-refractivity contribution < 1.29 is 14.4 Å². The van der Waals surface area contributed by atoms with Gasteiger partial charge in [0.05, 0.1) is 11.7 Å². The monoisotopic (exact) mass is 450 g/mol. The number of alkyl carbamates (subject to hydrolysis) is 1. The molecule has 0 aromatic heterocycles. The van der Waals surface area contributed by atoms with Gasteiger partial charge >= 0.3 is 6.09 Å². The van der Waals surface area contributed by atoms with Crippen molar-refractivity contribution in [2.45, 2.75) is 25.8 Å². The smallest absolute Gasteiger partial charge is 0.409 e. The molecule has 2 aromatic carbocycles. The van der Waals surface area contributed by atoms with E-state index in [4.69, 9.17) is 9.57 Å². The Hall–Kier alpha value is -2.06. The van der Waals surface area contributed by atoms with Crippen molar-refractivity contribution in [1.82, 2.24) is 5.32 Å². The highest BCUT2D eigenvalue weighted by Gasteiger charge is 2.24. The molecule has 1 aliphatic heterocycles. The highest BCUT2D eigenvalue weighted by atomic mass is 127. The van der Waals surface area contributed by atoms with Crippen LogP contribution in [0.15, 0.2) is 66.7 Å². The van der Waals surface area contributed by atoms with E-state index in [1.54, 1.807) is 5.06 Å². The summed E-state index contributed by atoms with van der Waals surface area (Å²) in [5.74, 6) is 0. The van der Waals surface area contributed by atoms with Crippen LogP contribution in [0, 0.1) is 3.57 Å². The maximum Gasteiger partial charge on any atom is 0.409 e. The molecule has 1 aliphatic rings. The molecule has 3 rings (SSSR count). The second-order valence-corrected chi connectivity index (χ2v) is 6.91. The van der Waals surface area contributed by atoms with Crippen LogP contribution in [0.2, 0.25) is 0 Å². The lowest BCUT2D eigenvalue weighted by Crippen LogP contribution is -2.46. The molecule has 0 saturated heterocycles. The molecule has 0 saturated carbocycles. The lowest BCUT2D eigenvalue weighted by Gasteiger charge is -2.34. The van der Waals surface area contributed by atoms with E-state index in [1.807, 2.05) is 73.7 Å². The fourth-order valence-electron chi connectivity index (χ4n) is 2.43. The third-order valence-electron chi connectivity index (χ3n) is 3.72. The van der Waals surface area contributed by atoms with Crippen LogP contribution < -0.4 is 10.4 Å². The fourth-order valence-corrected chi connectivity index (χ4v) is 2.79. The van der Waals surface area contributed by atoms with Crippen LogP contribution >= 0.6 is 22.6 Å². The summed E-state index contributed by atoms with van der Waals surface area (Å²) in [6, 6.07) is 17.6. The number of amides is 1. The first-order chi connectivity index (χ1) is 12.1. The minimum atomic E-state index is -0.571. The molecule has 0 aliphatic carbocycles. The van der Waals surface area contributed by atoms with Gasteiger partial charge in [0.1, 0.15) is 6.61 Å². The summed E-state index contributed by atoms with van der Waals surface area (Å²) >= 11 is 2.26. The average Bonchev–Trinajstić information content (AvgIpc) is 2.63. The zero-order valence-electron chi connectivity index (χ0n) is 13.8. The molecule has 130 valence electrons. The standard InChI is InChI=1S/C19H19IN2O3/c1-14-7-12-18(25-22(14)17-10-8-16(20)9-11-17)21-19(23)24-13-15-5-3-2-4-6-15/h2-12,14,18H,13H2,1H3,(H,21,23). The number of rotatable bonds is 4. The zero-order valence-corrected chi connectivity index (χ0v) is 15.9. The highest BCUT2D eigenvalue weighted by Crippen LogP contribution is 2.23. The number of carbonyl (C=O) groups excluding carboxylic acids is 1. The normalized spacial score (nSPS) is 19.5. The van der Waals surface area contributed by atoms with Crippen molar-refractivity contribution in [3.8, 4) is 0 Å². The van der Waals surface area contributed by atoms with Gasteiger partial charge in [0.25, 0.3) is 0 Å². The molecule has 2 atom stereocenters. The van der Waals surface area contributed by atoms with E-state index in [0.29, 0.717) is 0 Å². The minimum Gasteiger partial charge on any atom is -0.445 e. The number of nitrogens with one attached hydrogen (secondary N) is 1. The molecule has 1 N–H and O–H groups in total. The van der Waals surface area contributed by atoms with E-state index < -0.39 is 12.3 Å². The number of halogens is 1. The predicted octanol–water partition coefficient (Wildman–Crippen LogP) is 4.24. The molecule has 0 bridgehead atoms. The number of hydrogen-bond donors (Lipinski definition) is 1. The van der Waals surface area contributed by atoms with Crippen LogP contribution in [0.1, 0.15) is 12.5 Å². The van der Waals surface area contributed by atoms with Gasteiger partial charge in [0, 0.05) is 3.57 Å². The number of hydrogen-bond acceptors (Lipinski definition) is 4. The van der Waals surface area contributed by atoms with Crippen molar-refractivity contribution in [3.63, 3.8) is 0 Å². The molecule has 0 radical (unpaired) electrons. The maximum absolute atomic E-state index is 12.0. The molecule has 0 fully saturated rings. The predicted molar refractivity (Wildman–Crippen MR) is 105 cm³/mol. The molecule has 1 heterocycles. The van der Waals surface area contributed by atoms with Crippen molar-refractivity contribution in [2.75, 3.05) is 5.06 Å². The number of nitrogens with zero attached hydrogens (tertiary/aromatic N) is 1. The van der Waals surface area contributed by atoms with Gasteiger partial charge in [-0.15, -0.1) is 0 Å². The summed E-state index contributed by atoms with van der Waals surface area (Å²) in [4.78, 5) is 17.9. The zero-order chi connectivity index (χ0) is 17.6. The van der Waals surface area contributed by atoms with Crippen LogP contribution in [-0.2, 0) is 16.2 Å². The van der Waals surface area contributed by atoms with Gasteiger partial charge in [-0.3, -0.25) is 5.32 Å². The average molecular weight is 450 g/mol. The Morgan fingerprint density at radius 3 is 2.60 bits per heavy atom. The van der Waals surface area contributed by atoms with Crippen LogP contribution in [0.3, 0.4) is 0 Å². The Bertz CT molecular complexity index is 734. The number of hydroxylamine groups is 1. The topological polar surface area (TPSA) is 50.8 Å². The Kier molecular flexibility index (Phi) is 5.93. The summed E-state index contributed by atoms with van der Waals surface area (Å²) in [6.45, 7) is 2.25. The summed E-state index contributed by atoms with van der Waals surface area (Å²) in [6.07, 6.45) is 2.72. The molecular formula is C19H19IN2O3. The van der Waals surface area contributed by atoms with Gasteiger partial charge in [-0.25, -0.2) is 14.7 Å². The molecule has 5 nitrogen and oxygen atoms in total. The molecular weight excluding hydrogens is 431 g/mol. The van der Waals surface area contributed by atoms with Crippen LogP contribution in [0.25, 0.3) is 0 Å². The fraction of sp³-hybridized carbons (Fsp3) is 0.211. The van der Waals surface area contributed by atoms with Crippen molar-refractivity contribution in [1.29, 1.82) is 0 Å². The van der Waals surface area contributed by atoms with E-state index >= 15 is 0 Å². The number of benzene rings is 2. The third kappa shape index (κ3) is 4.96. The second kappa shape index (κ2) is 8.35. The highest BCUT2D eigenvalue weighted by molar-refractivity contribution is 14.1. The molecule has 2 aromatic rings. The van der Waals surface area contributed by atoms with Crippen molar-refractivity contribution in [2.24, 2.45) is 0 Å². The van der Waals surface area contributed by atoms with Crippen LogP contribution in [0.4, 0.5) is 10.5 Å². The lowest BCUT2D eigenvalue weighted by molar-refractivity contribution is 0.0209. The largest absolute Gasteiger partial charge is 0.445 e. The quantitative estimate of drug-likeness (QED) is 0.560. The van der Waals surface area contributed by atoms with Crippen LogP contribution in [0.5, 0.6) is 0 Å². The van der Waals surface area contributed by atoms with Gasteiger partial charge in [-0.2, -0.15) is 0 Å². The second-order valence-electron chi connectivity index (χ2n) is 5.66. The van der Waals surface area contributed by atoms with E-state index in [-0.39, 0.29) is 12.6 Å². The number of carbonyl (C=O) groups is 1. The summed E-state index contributed by atoms with van der Waals surface area (Å²) in [5, 5.41) is 4.48. The SMILES string of the molecule is CC1C=CC(NC(=O)OCc2ccccc2)ON1c1ccc(I)cc1. The molecule has 6 heteroatoms. The van der Waals surface area contributed by atoms with Gasteiger partial charge in [-0.1, -0.05) is 36.4 Å². The van der Waals surface area contributed by atoms with Gasteiger partial charge in [0.15, 0.2) is 6.23 Å². The lowest BCUT2D eigenvalue weighted by atomic mass is 10.2. The molecule has 25 heavy (non-hydrogen) atoms. The number of anilines is 1. The maximum atomic E-state index is 12.0. The Labute approximate surface area is 160 Å². The first kappa shape index (κ1) is 17.8. The van der Waals surface area contributed by atoms with Gasteiger partial charge in [0.2, 0.25) is 0 Å². The van der Waals surface area contributed by atoms with Crippen molar-refractivity contribution in [3.05, 3.63) is 75.9 Å². The van der Waals surface area contributed by atoms with Crippen LogP contribution in [-0.4, -0.2) is 18.4 Å². The third-order valence-corrected chi connectivity index (χ3v) is 4.43. The minimum absolute atomic E-state index is 0.0680. The Balaban J connectivity index is 1.56. The first-order valence-corrected chi connectivity index (χ1v) is 9.07. The van der Waals surface area contributed by atoms with E-state index in [1.165, 1.54) is 0 Å². The Morgan fingerprint density at radius 1 is 1.16 bits per heavy atom. The molecule has 0 spiro atoms. The Morgan fingerprint density at radius 2 is 1.88 bits per heavy atom. The molecule has 2 unspecified atom stereocenters. The summed E-state index contributed by atoms with van der Waals surface area (Å²) in [7, 11) is 0. The summed E-state index contributed by atoms with van der Waals surface area (Å²) < 4.78 is 6.38. The van der Waals surface area contributed by atoms with Gasteiger partial charge < -0.3 is 4.74 Å². The van der Waals surface area contributed by atoms with E-state index in [0.717, 1.165) is 14.8 Å². The number of ether oxygens (including phenoxy) is 1. The summed E-state index contributed by atoms with van der Waals surface area (Å²) in [5.41, 5.74) is 1.87. The van der Waals surface area contributed by atoms with E-state index in [9.17, 15) is 4.79 Å². The molecule has 1 amide bonds. The van der Waals surface area contributed by atoms with Gasteiger partial charge in [-0.05, 0) is 65.4 Å². The van der Waals surface area contributed by atoms with Crippen molar-refractivity contribution >= 4 is 34.4 Å². The first-order valence-electron chi connectivity index (χ1n) is 7.99.